The molecule has 28 heavy (non-hydrogen) atoms. The molecular weight excluding hydrogens is 471 g/mol. The smallest absolute Gasteiger partial charge is 0.267 e. The van der Waals surface area contributed by atoms with Gasteiger partial charge in [-0.2, -0.15) is 0 Å². The summed E-state index contributed by atoms with van der Waals surface area (Å²) in [4.78, 5) is 51.9. The van der Waals surface area contributed by atoms with Gasteiger partial charge >= 0.3 is 0 Å². The van der Waals surface area contributed by atoms with Crippen LogP contribution >= 0.6 is 58.0 Å². The van der Waals surface area contributed by atoms with Crippen LogP contribution in [0, 0.1) is 0 Å². The lowest BCUT2D eigenvalue weighted by molar-refractivity contribution is 0.0675. The number of hydrogen-bond acceptors (Lipinski definition) is 4. The van der Waals surface area contributed by atoms with E-state index in [4.69, 9.17) is 58.0 Å². The monoisotopic (exact) mass is 473 g/mol. The van der Waals surface area contributed by atoms with E-state index in [1.54, 1.807) is 6.07 Å². The standard InChI is InChI=1S/C18H4Cl5NO4/c19-9-7-8(10(20)12(22)11(9)21)18(28)24(17(7)27)14-13(23)15(25)5-3-1-2-4-6(5)16(14)26/h1-4H. The maximum absolute atomic E-state index is 13.0. The van der Waals surface area contributed by atoms with E-state index in [2.05, 4.69) is 0 Å². The number of amides is 2. The zero-order valence-electron chi connectivity index (χ0n) is 13.3. The van der Waals surface area contributed by atoms with Crippen molar-refractivity contribution in [1.29, 1.82) is 0 Å². The molecule has 0 atom stereocenters. The van der Waals surface area contributed by atoms with Crippen molar-refractivity contribution in [3.63, 3.8) is 0 Å². The van der Waals surface area contributed by atoms with E-state index in [1.165, 1.54) is 18.2 Å². The second-order valence-electron chi connectivity index (χ2n) is 5.82. The molecule has 2 aliphatic rings. The van der Waals surface area contributed by atoms with Gasteiger partial charge in [-0.25, -0.2) is 4.90 Å². The lowest BCUT2D eigenvalue weighted by Gasteiger charge is -2.23. The lowest BCUT2D eigenvalue weighted by Crippen LogP contribution is -2.37. The van der Waals surface area contributed by atoms with Gasteiger partial charge in [0.05, 0.1) is 31.2 Å². The van der Waals surface area contributed by atoms with Crippen LogP contribution in [0.25, 0.3) is 0 Å². The molecular formula is C18H4Cl5NO4. The molecule has 4 rings (SSSR count). The average molecular weight is 475 g/mol. The molecule has 140 valence electrons. The first-order chi connectivity index (χ1) is 13.2. The summed E-state index contributed by atoms with van der Waals surface area (Å²) in [6, 6.07) is 5.91. The van der Waals surface area contributed by atoms with Crippen LogP contribution in [0.4, 0.5) is 0 Å². The number of carbonyl (C=O) groups is 4. The quantitative estimate of drug-likeness (QED) is 0.313. The highest BCUT2D eigenvalue weighted by molar-refractivity contribution is 6.56. The molecule has 1 aliphatic heterocycles. The Morgan fingerprint density at radius 1 is 0.607 bits per heavy atom. The van der Waals surface area contributed by atoms with Crippen molar-refractivity contribution in [1.82, 2.24) is 4.90 Å². The fraction of sp³-hybridized carbons (Fsp3) is 0. The fourth-order valence-corrected chi connectivity index (χ4v) is 4.37. The predicted molar refractivity (Wildman–Crippen MR) is 105 cm³/mol. The molecule has 0 radical (unpaired) electrons. The van der Waals surface area contributed by atoms with E-state index in [1.807, 2.05) is 0 Å². The van der Waals surface area contributed by atoms with Crippen molar-refractivity contribution in [2.45, 2.75) is 0 Å². The topological polar surface area (TPSA) is 71.5 Å². The normalized spacial score (nSPS) is 16.1. The molecule has 2 aromatic rings. The lowest BCUT2D eigenvalue weighted by atomic mass is 9.92. The number of hydrogen-bond donors (Lipinski definition) is 0. The number of nitrogens with zero attached hydrogens (tertiary/aromatic N) is 1. The van der Waals surface area contributed by atoms with Gasteiger partial charge in [0.1, 0.15) is 10.7 Å². The van der Waals surface area contributed by atoms with E-state index < -0.39 is 34.1 Å². The zero-order chi connectivity index (χ0) is 20.5. The van der Waals surface area contributed by atoms with Gasteiger partial charge in [-0.05, 0) is 0 Å². The molecule has 10 heteroatoms. The Morgan fingerprint density at radius 3 is 1.50 bits per heavy atom. The number of benzene rings is 2. The highest BCUT2D eigenvalue weighted by atomic mass is 35.5. The number of rotatable bonds is 1. The highest BCUT2D eigenvalue weighted by Crippen LogP contribution is 2.46. The van der Waals surface area contributed by atoms with E-state index in [0.29, 0.717) is 4.90 Å². The van der Waals surface area contributed by atoms with E-state index in [9.17, 15) is 19.2 Å². The van der Waals surface area contributed by atoms with Crippen LogP contribution in [0.15, 0.2) is 35.0 Å². The summed E-state index contributed by atoms with van der Waals surface area (Å²) < 4.78 is 0. The molecule has 0 N–H and O–H groups in total. The van der Waals surface area contributed by atoms with Crippen molar-refractivity contribution in [2.24, 2.45) is 0 Å². The molecule has 0 unspecified atom stereocenters. The number of allylic oxidation sites excluding steroid dienone is 2. The Kier molecular flexibility index (Phi) is 4.56. The van der Waals surface area contributed by atoms with Gasteiger partial charge in [0.15, 0.2) is 0 Å². The summed E-state index contributed by atoms with van der Waals surface area (Å²) in [5.41, 5.74) is -1.13. The van der Waals surface area contributed by atoms with Gasteiger partial charge in [-0.15, -0.1) is 0 Å². The minimum atomic E-state index is -0.987. The molecule has 2 amide bonds. The van der Waals surface area contributed by atoms with Crippen molar-refractivity contribution in [3.05, 3.63) is 77.3 Å². The maximum atomic E-state index is 13.0. The van der Waals surface area contributed by atoms with Crippen molar-refractivity contribution >= 4 is 81.4 Å². The minimum Gasteiger partial charge on any atom is -0.287 e. The molecule has 2 aromatic carbocycles. The summed E-state index contributed by atoms with van der Waals surface area (Å²) >= 11 is 30.2. The van der Waals surface area contributed by atoms with Crippen LogP contribution in [0.2, 0.25) is 20.1 Å². The SMILES string of the molecule is O=C1C(Cl)=C(N2C(=O)c3c(Cl)c(Cl)c(Cl)c(Cl)c3C2=O)C(=O)c2ccccc21. The Bertz CT molecular complexity index is 1150. The molecule has 0 fully saturated rings. The van der Waals surface area contributed by atoms with E-state index >= 15 is 0 Å². The maximum Gasteiger partial charge on any atom is 0.267 e. The summed E-state index contributed by atoms with van der Waals surface area (Å²) in [6.07, 6.45) is 0. The first-order valence-electron chi connectivity index (χ1n) is 7.51. The van der Waals surface area contributed by atoms with Crippen LogP contribution in [0.5, 0.6) is 0 Å². The zero-order valence-corrected chi connectivity index (χ0v) is 17.1. The Morgan fingerprint density at radius 2 is 1.04 bits per heavy atom. The summed E-state index contributed by atoms with van der Waals surface area (Å²) in [5.74, 6) is -3.44. The first-order valence-corrected chi connectivity index (χ1v) is 9.40. The number of Topliss-reactive ketones (excluding diaryl/α,β-unsaturated/α-hetero) is 2. The van der Waals surface area contributed by atoms with Crippen molar-refractivity contribution in [3.8, 4) is 0 Å². The van der Waals surface area contributed by atoms with Gasteiger partial charge in [-0.1, -0.05) is 82.3 Å². The molecule has 0 saturated heterocycles. The van der Waals surface area contributed by atoms with Crippen LogP contribution < -0.4 is 0 Å². The Hall–Kier alpha value is -1.89. The third-order valence-electron chi connectivity index (χ3n) is 4.36. The number of fused-ring (bicyclic) bond motifs is 2. The largest absolute Gasteiger partial charge is 0.287 e. The molecule has 0 spiro atoms. The van der Waals surface area contributed by atoms with Gasteiger partial charge < -0.3 is 0 Å². The first kappa shape index (κ1) is 19.4. The molecule has 5 nitrogen and oxygen atoms in total. The minimum absolute atomic E-state index is 0.0108. The Balaban J connectivity index is 1.96. The van der Waals surface area contributed by atoms with Gasteiger partial charge in [0.25, 0.3) is 11.8 Å². The third kappa shape index (κ3) is 2.41. The molecule has 1 aliphatic carbocycles. The van der Waals surface area contributed by atoms with Crippen molar-refractivity contribution < 1.29 is 19.2 Å². The summed E-state index contributed by atoms with van der Waals surface area (Å²) in [7, 11) is 0. The highest BCUT2D eigenvalue weighted by Gasteiger charge is 2.47. The number of carbonyl (C=O) groups excluding carboxylic acids is 4. The van der Waals surface area contributed by atoms with Gasteiger partial charge in [0.2, 0.25) is 11.6 Å². The number of imide groups is 1. The second kappa shape index (κ2) is 6.58. The van der Waals surface area contributed by atoms with Gasteiger partial charge in [-0.3, -0.25) is 19.2 Å². The van der Waals surface area contributed by atoms with Crippen molar-refractivity contribution in [2.75, 3.05) is 0 Å². The van der Waals surface area contributed by atoms with Crippen LogP contribution in [-0.4, -0.2) is 28.3 Å². The number of ketones is 2. The summed E-state index contributed by atoms with van der Waals surface area (Å²) in [6.45, 7) is 0. The molecule has 1 heterocycles. The Labute approximate surface area is 182 Å². The summed E-state index contributed by atoms with van der Waals surface area (Å²) in [5, 5.41) is -1.59. The average Bonchev–Trinajstić information content (AvgIpc) is 2.94. The van der Waals surface area contributed by atoms with Crippen LogP contribution in [-0.2, 0) is 0 Å². The molecule has 0 aromatic heterocycles. The molecule has 0 saturated carbocycles. The van der Waals surface area contributed by atoms with E-state index in [0.717, 1.165) is 0 Å². The van der Waals surface area contributed by atoms with E-state index in [-0.39, 0.29) is 42.3 Å². The number of halogens is 5. The van der Waals surface area contributed by atoms with Crippen LogP contribution in [0.3, 0.4) is 0 Å². The predicted octanol–water partition coefficient (Wildman–Crippen LogP) is 5.43. The molecule has 0 bridgehead atoms. The second-order valence-corrected chi connectivity index (χ2v) is 7.71. The fourth-order valence-electron chi connectivity index (χ4n) is 3.08. The van der Waals surface area contributed by atoms with Gasteiger partial charge in [0, 0.05) is 11.1 Å². The third-order valence-corrected chi connectivity index (χ3v) is 6.52. The van der Waals surface area contributed by atoms with Crippen LogP contribution in [0.1, 0.15) is 41.4 Å².